The van der Waals surface area contributed by atoms with Crippen LogP contribution < -0.4 is 4.90 Å². The number of hydrogen-bond donors (Lipinski definition) is 0. The van der Waals surface area contributed by atoms with Crippen molar-refractivity contribution in [2.24, 2.45) is 0 Å². The molecule has 304 valence electrons. The second kappa shape index (κ2) is 15.0. The minimum atomic E-state index is 0.855. The molecule has 65 heavy (non-hydrogen) atoms. The highest BCUT2D eigenvalue weighted by Gasteiger charge is 2.24. The fourth-order valence-electron chi connectivity index (χ4n) is 10.2. The lowest BCUT2D eigenvalue weighted by atomic mass is 9.93. The number of benzene rings is 11. The summed E-state index contributed by atoms with van der Waals surface area (Å²) < 4.78 is 9.36. The summed E-state index contributed by atoms with van der Waals surface area (Å²) in [6.07, 6.45) is 0. The Kier molecular flexibility index (Phi) is 8.53. The van der Waals surface area contributed by atoms with Crippen molar-refractivity contribution >= 4 is 82.4 Å². The standard InChI is InChI=1S/C62H40N2O/c1-2-15-41(16-3-1)42-29-33-46(34-30-42)63(47-35-31-43(32-36-47)56-40-44-17-4-5-20-49(44)50-21-6-7-22-51(50)56)59-38-37-55-54-25-10-13-28-60(54)65-62(55)61(59)45-18-14-19-48(39-45)64-57-26-11-8-23-52(57)53-24-9-12-27-58(53)64/h1-40H. The zero-order valence-corrected chi connectivity index (χ0v) is 35.4. The van der Waals surface area contributed by atoms with Gasteiger partial charge in [0, 0.05) is 44.2 Å². The zero-order valence-electron chi connectivity index (χ0n) is 35.4. The number of para-hydroxylation sites is 3. The molecular weight excluding hydrogens is 789 g/mol. The van der Waals surface area contributed by atoms with Crippen LogP contribution in [0.3, 0.4) is 0 Å². The Bertz CT molecular complexity index is 3880. The van der Waals surface area contributed by atoms with Gasteiger partial charge in [0.05, 0.1) is 16.7 Å². The average molecular weight is 829 g/mol. The minimum Gasteiger partial charge on any atom is -0.455 e. The van der Waals surface area contributed by atoms with Crippen LogP contribution in [0.25, 0.3) is 104 Å². The molecule has 0 saturated heterocycles. The summed E-state index contributed by atoms with van der Waals surface area (Å²) >= 11 is 0. The highest BCUT2D eigenvalue weighted by atomic mass is 16.3. The van der Waals surface area contributed by atoms with Crippen LogP contribution in [0.2, 0.25) is 0 Å². The zero-order chi connectivity index (χ0) is 42.8. The molecular formula is C62H40N2O. The van der Waals surface area contributed by atoms with Crippen LogP contribution in [0, 0.1) is 0 Å². The third kappa shape index (κ3) is 6.05. The molecule has 3 heteroatoms. The Morgan fingerprint density at radius 1 is 0.338 bits per heavy atom. The van der Waals surface area contributed by atoms with Crippen molar-refractivity contribution in [1.29, 1.82) is 0 Å². The topological polar surface area (TPSA) is 21.3 Å². The third-order valence-electron chi connectivity index (χ3n) is 13.2. The lowest BCUT2D eigenvalue weighted by Crippen LogP contribution is -2.11. The highest BCUT2D eigenvalue weighted by molar-refractivity contribution is 6.15. The quantitative estimate of drug-likeness (QED) is 0.149. The molecule has 0 spiro atoms. The van der Waals surface area contributed by atoms with Crippen molar-refractivity contribution in [2.75, 3.05) is 4.90 Å². The first-order chi connectivity index (χ1) is 32.2. The monoisotopic (exact) mass is 828 g/mol. The summed E-state index contributed by atoms with van der Waals surface area (Å²) in [6.45, 7) is 0. The first kappa shape index (κ1) is 36.9. The molecule has 0 atom stereocenters. The van der Waals surface area contributed by atoms with Crippen molar-refractivity contribution in [3.8, 4) is 39.1 Å². The molecule has 2 heterocycles. The molecule has 13 rings (SSSR count). The van der Waals surface area contributed by atoms with Crippen molar-refractivity contribution in [3.63, 3.8) is 0 Å². The lowest BCUT2D eigenvalue weighted by molar-refractivity contribution is 0.670. The first-order valence-electron chi connectivity index (χ1n) is 22.2. The largest absolute Gasteiger partial charge is 0.455 e. The van der Waals surface area contributed by atoms with Gasteiger partial charge in [0.2, 0.25) is 0 Å². The molecule has 11 aromatic carbocycles. The van der Waals surface area contributed by atoms with Crippen LogP contribution in [0.1, 0.15) is 0 Å². The number of furan rings is 1. The molecule has 13 aromatic rings. The molecule has 0 radical (unpaired) electrons. The van der Waals surface area contributed by atoms with Gasteiger partial charge in [-0.15, -0.1) is 0 Å². The molecule has 0 N–H and O–H groups in total. The summed E-state index contributed by atoms with van der Waals surface area (Å²) in [6, 6.07) is 87.7. The maximum absolute atomic E-state index is 6.97. The Hall–Kier alpha value is -8.66. The van der Waals surface area contributed by atoms with Crippen LogP contribution >= 0.6 is 0 Å². The van der Waals surface area contributed by atoms with Gasteiger partial charge in [-0.1, -0.05) is 170 Å². The summed E-state index contributed by atoms with van der Waals surface area (Å²) in [4.78, 5) is 2.39. The van der Waals surface area contributed by atoms with Crippen LogP contribution in [0.15, 0.2) is 247 Å². The fourth-order valence-corrected chi connectivity index (χ4v) is 10.2. The van der Waals surface area contributed by atoms with Gasteiger partial charge in [-0.25, -0.2) is 0 Å². The van der Waals surface area contributed by atoms with Crippen molar-refractivity contribution in [1.82, 2.24) is 4.57 Å². The van der Waals surface area contributed by atoms with Gasteiger partial charge in [0.15, 0.2) is 0 Å². The van der Waals surface area contributed by atoms with Gasteiger partial charge < -0.3 is 13.9 Å². The molecule has 0 unspecified atom stereocenters. The minimum absolute atomic E-state index is 0.855. The normalized spacial score (nSPS) is 11.7. The van der Waals surface area contributed by atoms with E-state index >= 15 is 0 Å². The molecule has 0 aliphatic heterocycles. The van der Waals surface area contributed by atoms with Crippen molar-refractivity contribution < 1.29 is 4.42 Å². The third-order valence-corrected chi connectivity index (χ3v) is 13.2. The molecule has 0 bridgehead atoms. The molecule has 0 aliphatic carbocycles. The number of aromatic nitrogens is 1. The summed E-state index contributed by atoms with van der Waals surface area (Å²) in [5.41, 5.74) is 15.1. The average Bonchev–Trinajstić information content (AvgIpc) is 3.93. The van der Waals surface area contributed by atoms with Crippen LogP contribution in [0.4, 0.5) is 17.1 Å². The van der Waals surface area contributed by atoms with Crippen molar-refractivity contribution in [3.05, 3.63) is 243 Å². The maximum atomic E-state index is 6.97. The van der Waals surface area contributed by atoms with E-state index in [0.29, 0.717) is 0 Å². The van der Waals surface area contributed by atoms with E-state index in [2.05, 4.69) is 252 Å². The number of anilines is 3. The number of fused-ring (bicyclic) bond motifs is 9. The van der Waals surface area contributed by atoms with E-state index < -0.39 is 0 Å². The molecule has 0 saturated carbocycles. The van der Waals surface area contributed by atoms with Gasteiger partial charge in [-0.2, -0.15) is 0 Å². The summed E-state index contributed by atoms with van der Waals surface area (Å²) in [5.74, 6) is 0. The summed E-state index contributed by atoms with van der Waals surface area (Å²) in [5, 5.41) is 9.66. The van der Waals surface area contributed by atoms with Gasteiger partial charge in [-0.3, -0.25) is 0 Å². The summed E-state index contributed by atoms with van der Waals surface area (Å²) in [7, 11) is 0. The number of nitrogens with zero attached hydrogens (tertiary/aromatic N) is 2. The molecule has 0 aliphatic rings. The Morgan fingerprint density at radius 3 is 1.62 bits per heavy atom. The Balaban J connectivity index is 1.04. The molecule has 0 fully saturated rings. The Labute approximate surface area is 376 Å². The SMILES string of the molecule is c1ccc(-c2ccc(N(c3ccc(-c4cc5ccccc5c5ccccc45)cc3)c3ccc4c(oc5ccccc54)c3-c3cccc(-n4c5ccccc5c5ccccc54)c3)cc2)cc1. The van der Waals surface area contributed by atoms with E-state index in [1.165, 1.54) is 65.6 Å². The second-order valence-corrected chi connectivity index (χ2v) is 16.8. The van der Waals surface area contributed by atoms with Crippen LogP contribution in [-0.4, -0.2) is 4.57 Å². The second-order valence-electron chi connectivity index (χ2n) is 16.8. The van der Waals surface area contributed by atoms with Crippen LogP contribution in [-0.2, 0) is 0 Å². The maximum Gasteiger partial charge on any atom is 0.145 e. The van der Waals surface area contributed by atoms with Gasteiger partial charge in [-0.05, 0) is 122 Å². The van der Waals surface area contributed by atoms with Gasteiger partial charge in [0.1, 0.15) is 11.2 Å². The molecule has 2 aromatic heterocycles. The highest BCUT2D eigenvalue weighted by Crippen LogP contribution is 2.48. The van der Waals surface area contributed by atoms with E-state index in [1.807, 2.05) is 0 Å². The smallest absolute Gasteiger partial charge is 0.145 e. The van der Waals surface area contributed by atoms with Gasteiger partial charge in [0.25, 0.3) is 0 Å². The van der Waals surface area contributed by atoms with Gasteiger partial charge >= 0.3 is 0 Å². The first-order valence-corrected chi connectivity index (χ1v) is 22.2. The predicted octanol–water partition coefficient (Wildman–Crippen LogP) is 17.5. The lowest BCUT2D eigenvalue weighted by Gasteiger charge is -2.28. The predicted molar refractivity (Wildman–Crippen MR) is 274 cm³/mol. The fraction of sp³-hybridized carbons (Fsp3) is 0. The van der Waals surface area contributed by atoms with E-state index in [0.717, 1.165) is 55.8 Å². The van der Waals surface area contributed by atoms with Crippen LogP contribution in [0.5, 0.6) is 0 Å². The van der Waals surface area contributed by atoms with Crippen molar-refractivity contribution in [2.45, 2.75) is 0 Å². The number of rotatable bonds is 7. The molecule has 3 nitrogen and oxygen atoms in total. The van der Waals surface area contributed by atoms with E-state index in [-0.39, 0.29) is 0 Å². The number of hydrogen-bond acceptors (Lipinski definition) is 2. The Morgan fingerprint density at radius 2 is 0.892 bits per heavy atom. The van der Waals surface area contributed by atoms with E-state index in [4.69, 9.17) is 4.42 Å². The van der Waals surface area contributed by atoms with E-state index in [9.17, 15) is 0 Å². The molecule has 0 amide bonds. The van der Waals surface area contributed by atoms with E-state index in [1.54, 1.807) is 0 Å².